The maximum Gasteiger partial charge on any atom is 0.372 e. The lowest BCUT2D eigenvalue weighted by molar-refractivity contribution is 0.0679. The van der Waals surface area contributed by atoms with Gasteiger partial charge in [-0.15, -0.1) is 0 Å². The van der Waals surface area contributed by atoms with Gasteiger partial charge in [-0.05, 0) is 19.8 Å². The molecule has 0 unspecified atom stereocenters. The summed E-state index contributed by atoms with van der Waals surface area (Å²) in [7, 11) is 0. The van der Waals surface area contributed by atoms with Crippen LogP contribution in [0.1, 0.15) is 55.7 Å². The van der Waals surface area contributed by atoms with Crippen LogP contribution >= 0.6 is 0 Å². The summed E-state index contributed by atoms with van der Waals surface area (Å²) >= 11 is 0. The molecule has 22 heavy (non-hydrogen) atoms. The zero-order valence-electron chi connectivity index (χ0n) is 12.3. The largest absolute Gasteiger partial charge is 0.475 e. The summed E-state index contributed by atoms with van der Waals surface area (Å²) in [6.45, 7) is 2.03. The molecule has 8 heteroatoms. The van der Waals surface area contributed by atoms with Gasteiger partial charge in [-0.3, -0.25) is 14.3 Å². The van der Waals surface area contributed by atoms with E-state index in [1.54, 1.807) is 6.92 Å². The first-order valence-corrected chi connectivity index (χ1v) is 7.53. The van der Waals surface area contributed by atoms with Gasteiger partial charge in [-0.25, -0.2) is 14.6 Å². The number of rotatable bonds is 3. The lowest BCUT2D eigenvalue weighted by atomic mass is 9.95. The maximum atomic E-state index is 12.2. The molecule has 0 radical (unpaired) electrons. The second-order valence-corrected chi connectivity index (χ2v) is 5.58. The molecule has 2 N–H and O–H groups in total. The molecule has 0 atom stereocenters. The predicted octanol–water partition coefficient (Wildman–Crippen LogP) is 1.11. The third-order valence-electron chi connectivity index (χ3n) is 4.28. The van der Waals surface area contributed by atoms with Crippen molar-refractivity contribution in [1.82, 2.24) is 19.1 Å². The molecule has 1 aliphatic carbocycles. The number of carboxylic acid groups (broad SMARTS) is 1. The molecule has 0 aliphatic heterocycles. The number of aromatic nitrogens is 4. The van der Waals surface area contributed by atoms with Gasteiger partial charge >= 0.3 is 11.7 Å². The highest BCUT2D eigenvalue weighted by Crippen LogP contribution is 2.28. The van der Waals surface area contributed by atoms with Gasteiger partial charge in [0.05, 0.1) is 0 Å². The number of hydrogen-bond donors (Lipinski definition) is 2. The molecule has 1 fully saturated rings. The van der Waals surface area contributed by atoms with Crippen molar-refractivity contribution in [3.63, 3.8) is 0 Å². The zero-order valence-corrected chi connectivity index (χ0v) is 12.3. The molecule has 0 aromatic carbocycles. The van der Waals surface area contributed by atoms with Gasteiger partial charge < -0.3 is 9.67 Å². The summed E-state index contributed by atoms with van der Waals surface area (Å²) in [5.41, 5.74) is -0.763. The number of nitrogens with zero attached hydrogens (tertiary/aromatic N) is 3. The fourth-order valence-electron chi connectivity index (χ4n) is 3.29. The van der Waals surface area contributed by atoms with Crippen molar-refractivity contribution in [2.24, 2.45) is 0 Å². The van der Waals surface area contributed by atoms with Crippen LogP contribution in [0.25, 0.3) is 11.2 Å². The second kappa shape index (κ2) is 5.43. The number of fused-ring (bicyclic) bond motifs is 1. The highest BCUT2D eigenvalue weighted by atomic mass is 16.4. The van der Waals surface area contributed by atoms with Crippen molar-refractivity contribution in [3.05, 3.63) is 26.7 Å². The number of carbonyl (C=O) groups is 1. The lowest BCUT2D eigenvalue weighted by Crippen LogP contribution is -2.34. The SMILES string of the molecule is CCn1c(C(=O)O)nc2c1c(=O)[nH]c(=O)n2C1CCCCC1. The molecule has 0 bridgehead atoms. The van der Waals surface area contributed by atoms with Crippen LogP contribution in [0.3, 0.4) is 0 Å². The monoisotopic (exact) mass is 306 g/mol. The Labute approximate surface area is 125 Å². The van der Waals surface area contributed by atoms with Gasteiger partial charge in [0, 0.05) is 12.6 Å². The summed E-state index contributed by atoms with van der Waals surface area (Å²) in [6.07, 6.45) is 4.82. The maximum absolute atomic E-state index is 12.2. The lowest BCUT2D eigenvalue weighted by Gasteiger charge is -2.23. The Morgan fingerprint density at radius 3 is 2.59 bits per heavy atom. The van der Waals surface area contributed by atoms with E-state index in [2.05, 4.69) is 9.97 Å². The van der Waals surface area contributed by atoms with Crippen LogP contribution in [0.15, 0.2) is 9.59 Å². The first-order valence-electron chi connectivity index (χ1n) is 7.53. The number of aromatic amines is 1. The number of H-pyrrole nitrogens is 1. The fraction of sp³-hybridized carbons (Fsp3) is 0.571. The van der Waals surface area contributed by atoms with E-state index in [1.165, 1.54) is 9.13 Å². The number of carboxylic acids is 1. The van der Waals surface area contributed by atoms with Gasteiger partial charge in [0.25, 0.3) is 5.56 Å². The third kappa shape index (κ3) is 2.15. The van der Waals surface area contributed by atoms with E-state index < -0.39 is 17.2 Å². The Hall–Kier alpha value is -2.38. The molecular formula is C14H18N4O4. The van der Waals surface area contributed by atoms with Crippen LogP contribution < -0.4 is 11.2 Å². The van der Waals surface area contributed by atoms with E-state index in [4.69, 9.17) is 0 Å². The molecule has 0 spiro atoms. The summed E-state index contributed by atoms with van der Waals surface area (Å²) in [4.78, 5) is 42.1. The minimum Gasteiger partial charge on any atom is -0.475 e. The van der Waals surface area contributed by atoms with Gasteiger partial charge in [0.15, 0.2) is 11.2 Å². The standard InChI is InChI=1S/C14H18N4O4/c1-2-17-9-10(15-11(17)13(20)21)18(14(22)16-12(9)19)8-6-4-3-5-7-8/h8H,2-7H2,1H3,(H,20,21)(H,16,19,22). The van der Waals surface area contributed by atoms with E-state index in [0.717, 1.165) is 32.1 Å². The average Bonchev–Trinajstić information content (AvgIpc) is 2.88. The molecule has 2 aromatic rings. The van der Waals surface area contributed by atoms with E-state index in [-0.39, 0.29) is 23.0 Å². The summed E-state index contributed by atoms with van der Waals surface area (Å²) in [5.74, 6) is -1.42. The molecule has 3 rings (SSSR count). The van der Waals surface area contributed by atoms with Crippen molar-refractivity contribution in [3.8, 4) is 0 Å². The molecule has 1 aliphatic rings. The number of aromatic carboxylic acids is 1. The predicted molar refractivity (Wildman–Crippen MR) is 79.4 cm³/mol. The van der Waals surface area contributed by atoms with Gasteiger partial charge in [-0.1, -0.05) is 19.3 Å². The Kier molecular flexibility index (Phi) is 3.59. The Morgan fingerprint density at radius 1 is 1.32 bits per heavy atom. The number of imidazole rings is 1. The molecular weight excluding hydrogens is 288 g/mol. The number of hydrogen-bond acceptors (Lipinski definition) is 4. The molecule has 2 heterocycles. The van der Waals surface area contributed by atoms with Crippen LogP contribution in [0.5, 0.6) is 0 Å². The quantitative estimate of drug-likeness (QED) is 0.882. The van der Waals surface area contributed by atoms with Crippen LogP contribution in [0.2, 0.25) is 0 Å². The Morgan fingerprint density at radius 2 is 2.00 bits per heavy atom. The smallest absolute Gasteiger partial charge is 0.372 e. The summed E-state index contributed by atoms with van der Waals surface area (Å²) in [6, 6.07) is -0.0394. The summed E-state index contributed by atoms with van der Waals surface area (Å²) in [5, 5.41) is 9.28. The third-order valence-corrected chi connectivity index (χ3v) is 4.28. The first-order chi connectivity index (χ1) is 10.5. The number of nitrogens with one attached hydrogen (secondary N) is 1. The Balaban J connectivity index is 2.35. The van der Waals surface area contributed by atoms with Gasteiger partial charge in [0.1, 0.15) is 0 Å². The summed E-state index contributed by atoms with van der Waals surface area (Å²) < 4.78 is 2.81. The van der Waals surface area contributed by atoms with Gasteiger partial charge in [-0.2, -0.15) is 0 Å². The minimum atomic E-state index is -1.21. The average molecular weight is 306 g/mol. The van der Waals surface area contributed by atoms with Crippen LogP contribution in [0, 0.1) is 0 Å². The number of aryl methyl sites for hydroxylation is 1. The van der Waals surface area contributed by atoms with Crippen molar-refractivity contribution in [2.45, 2.75) is 51.6 Å². The van der Waals surface area contributed by atoms with Crippen LogP contribution in [-0.2, 0) is 6.54 Å². The van der Waals surface area contributed by atoms with Crippen LogP contribution in [0.4, 0.5) is 0 Å². The molecule has 0 saturated heterocycles. The topological polar surface area (TPSA) is 110 Å². The van der Waals surface area contributed by atoms with Crippen molar-refractivity contribution in [1.29, 1.82) is 0 Å². The van der Waals surface area contributed by atoms with E-state index in [1.807, 2.05) is 0 Å². The highest BCUT2D eigenvalue weighted by molar-refractivity contribution is 5.88. The van der Waals surface area contributed by atoms with Crippen molar-refractivity contribution < 1.29 is 9.90 Å². The second-order valence-electron chi connectivity index (χ2n) is 5.58. The zero-order chi connectivity index (χ0) is 15.9. The highest BCUT2D eigenvalue weighted by Gasteiger charge is 2.25. The van der Waals surface area contributed by atoms with Crippen molar-refractivity contribution in [2.75, 3.05) is 0 Å². The van der Waals surface area contributed by atoms with E-state index >= 15 is 0 Å². The van der Waals surface area contributed by atoms with E-state index in [9.17, 15) is 19.5 Å². The van der Waals surface area contributed by atoms with E-state index in [0.29, 0.717) is 6.54 Å². The molecule has 8 nitrogen and oxygen atoms in total. The molecule has 2 aromatic heterocycles. The van der Waals surface area contributed by atoms with Crippen LogP contribution in [-0.4, -0.2) is 30.2 Å². The molecule has 1 saturated carbocycles. The normalized spacial score (nSPS) is 16.2. The molecule has 118 valence electrons. The Bertz CT molecular complexity index is 839. The molecule has 0 amide bonds. The fourth-order valence-corrected chi connectivity index (χ4v) is 3.29. The van der Waals surface area contributed by atoms with Gasteiger partial charge in [0.2, 0.25) is 5.82 Å². The van der Waals surface area contributed by atoms with Crippen molar-refractivity contribution >= 4 is 17.1 Å². The first kappa shape index (κ1) is 14.6. The minimum absolute atomic E-state index is 0.0394.